The summed E-state index contributed by atoms with van der Waals surface area (Å²) in [5.41, 5.74) is 0. The number of hydrogen-bond acceptors (Lipinski definition) is 6. The second kappa shape index (κ2) is 5.68. The monoisotopic (exact) mass is 286 g/mol. The van der Waals surface area contributed by atoms with Crippen LogP contribution in [0.3, 0.4) is 0 Å². The van der Waals surface area contributed by atoms with Gasteiger partial charge in [-0.3, -0.25) is 4.90 Å². The zero-order valence-electron chi connectivity index (χ0n) is 12.2. The molecule has 0 N–H and O–H groups in total. The minimum absolute atomic E-state index is 0.271. The number of furan rings is 1. The summed E-state index contributed by atoms with van der Waals surface area (Å²) >= 11 is 0. The second-order valence-electron chi connectivity index (χ2n) is 5.55. The number of aromatic nitrogens is 3. The Hall–Kier alpha value is -2.17. The fourth-order valence-corrected chi connectivity index (χ4v) is 2.88. The van der Waals surface area contributed by atoms with Crippen LogP contribution < -0.4 is 0 Å². The Morgan fingerprint density at radius 2 is 2.29 bits per heavy atom. The van der Waals surface area contributed by atoms with Crippen molar-refractivity contribution < 1.29 is 4.42 Å². The van der Waals surface area contributed by atoms with Crippen molar-refractivity contribution in [3.8, 4) is 6.07 Å². The molecule has 0 saturated carbocycles. The zero-order valence-corrected chi connectivity index (χ0v) is 12.2. The van der Waals surface area contributed by atoms with E-state index in [9.17, 15) is 0 Å². The van der Waals surface area contributed by atoms with Crippen LogP contribution in [0.5, 0.6) is 0 Å². The Morgan fingerprint density at radius 1 is 1.43 bits per heavy atom. The lowest BCUT2D eigenvalue weighted by atomic mass is 10.1. The quantitative estimate of drug-likeness (QED) is 0.825. The molecule has 0 spiro atoms. The average Bonchev–Trinajstić information content (AvgIpc) is 3.18. The summed E-state index contributed by atoms with van der Waals surface area (Å²) in [6.45, 7) is 2.52. The van der Waals surface area contributed by atoms with Crippen molar-refractivity contribution in [2.75, 3.05) is 27.2 Å². The summed E-state index contributed by atoms with van der Waals surface area (Å²) in [7, 11) is 4.16. The fourth-order valence-electron chi connectivity index (χ4n) is 2.88. The molecule has 0 aromatic carbocycles. The zero-order chi connectivity index (χ0) is 14.8. The SMILES string of the molecule is CN(C)[C@@H]1CN(Cc2ccc(C#N)o2)C[C@@H]1n1ccnn1. The first-order chi connectivity index (χ1) is 10.2. The van der Waals surface area contributed by atoms with E-state index in [-0.39, 0.29) is 6.04 Å². The normalized spacial score (nSPS) is 22.8. The van der Waals surface area contributed by atoms with Gasteiger partial charge in [0.05, 0.1) is 18.8 Å². The van der Waals surface area contributed by atoms with E-state index in [0.717, 1.165) is 18.8 Å². The Balaban J connectivity index is 1.72. The van der Waals surface area contributed by atoms with Gasteiger partial charge >= 0.3 is 0 Å². The van der Waals surface area contributed by atoms with Crippen molar-refractivity contribution in [3.63, 3.8) is 0 Å². The smallest absolute Gasteiger partial charge is 0.203 e. The van der Waals surface area contributed by atoms with Crippen molar-refractivity contribution in [1.82, 2.24) is 24.8 Å². The summed E-state index contributed by atoms with van der Waals surface area (Å²) in [4.78, 5) is 4.53. The van der Waals surface area contributed by atoms with Crippen LogP contribution in [0.15, 0.2) is 28.9 Å². The van der Waals surface area contributed by atoms with E-state index in [4.69, 9.17) is 9.68 Å². The second-order valence-corrected chi connectivity index (χ2v) is 5.55. The third-order valence-corrected chi connectivity index (χ3v) is 3.93. The lowest BCUT2D eigenvalue weighted by Gasteiger charge is -2.24. The van der Waals surface area contributed by atoms with Gasteiger partial charge in [0, 0.05) is 25.3 Å². The predicted molar refractivity (Wildman–Crippen MR) is 75.2 cm³/mol. The molecule has 7 heteroatoms. The fraction of sp³-hybridized carbons (Fsp3) is 0.500. The van der Waals surface area contributed by atoms with E-state index in [2.05, 4.69) is 34.2 Å². The van der Waals surface area contributed by atoms with Crippen LogP contribution >= 0.6 is 0 Å². The van der Waals surface area contributed by atoms with Crippen molar-refractivity contribution in [2.24, 2.45) is 0 Å². The molecule has 3 rings (SSSR count). The minimum atomic E-state index is 0.271. The lowest BCUT2D eigenvalue weighted by Crippen LogP contribution is -2.36. The number of likely N-dealkylation sites (N-methyl/N-ethyl adjacent to an activating group) is 1. The molecule has 1 aliphatic rings. The molecule has 1 fully saturated rings. The highest BCUT2D eigenvalue weighted by atomic mass is 16.3. The van der Waals surface area contributed by atoms with Gasteiger partial charge in [-0.15, -0.1) is 5.10 Å². The third-order valence-electron chi connectivity index (χ3n) is 3.93. The van der Waals surface area contributed by atoms with Gasteiger partial charge in [0.2, 0.25) is 5.76 Å². The first-order valence-electron chi connectivity index (χ1n) is 6.91. The van der Waals surface area contributed by atoms with Crippen LogP contribution in [-0.4, -0.2) is 58.0 Å². The molecule has 7 nitrogen and oxygen atoms in total. The van der Waals surface area contributed by atoms with Crippen molar-refractivity contribution in [2.45, 2.75) is 18.6 Å². The van der Waals surface area contributed by atoms with E-state index in [1.54, 1.807) is 12.3 Å². The number of hydrogen-bond donors (Lipinski definition) is 0. The molecule has 2 atom stereocenters. The molecule has 0 radical (unpaired) electrons. The van der Waals surface area contributed by atoms with Gasteiger partial charge in [0.15, 0.2) is 0 Å². The topological polar surface area (TPSA) is 74.1 Å². The average molecular weight is 286 g/mol. The van der Waals surface area contributed by atoms with Crippen LogP contribution in [0.2, 0.25) is 0 Å². The van der Waals surface area contributed by atoms with Crippen molar-refractivity contribution >= 4 is 0 Å². The molecular weight excluding hydrogens is 268 g/mol. The van der Waals surface area contributed by atoms with Gasteiger partial charge in [-0.1, -0.05) is 5.21 Å². The number of rotatable bonds is 4. The number of nitriles is 1. The summed E-state index contributed by atoms with van der Waals surface area (Å²) in [5.74, 6) is 1.18. The largest absolute Gasteiger partial charge is 0.449 e. The van der Waals surface area contributed by atoms with E-state index < -0.39 is 0 Å². The van der Waals surface area contributed by atoms with E-state index in [1.807, 2.05) is 23.0 Å². The third kappa shape index (κ3) is 2.82. The molecule has 2 aromatic heterocycles. The van der Waals surface area contributed by atoms with Gasteiger partial charge in [-0.2, -0.15) is 5.26 Å². The Labute approximate surface area is 123 Å². The van der Waals surface area contributed by atoms with Crippen molar-refractivity contribution in [3.05, 3.63) is 36.0 Å². The van der Waals surface area contributed by atoms with E-state index in [1.165, 1.54) is 0 Å². The summed E-state index contributed by atoms with van der Waals surface area (Å²) in [6.07, 6.45) is 3.62. The Kier molecular flexibility index (Phi) is 3.73. The first kappa shape index (κ1) is 13.8. The maximum Gasteiger partial charge on any atom is 0.203 e. The molecule has 1 aliphatic heterocycles. The summed E-state index contributed by atoms with van der Waals surface area (Å²) in [5, 5.41) is 16.9. The van der Waals surface area contributed by atoms with Crippen LogP contribution in [0.1, 0.15) is 17.6 Å². The highest BCUT2D eigenvalue weighted by Gasteiger charge is 2.36. The Morgan fingerprint density at radius 3 is 2.90 bits per heavy atom. The standard InChI is InChI=1S/C14H18N6O/c1-18(2)13-9-19(8-12-4-3-11(7-15)21-12)10-14(13)20-6-5-16-17-20/h3-6,13-14H,8-10H2,1-2H3/t13-,14+/m1/s1. The highest BCUT2D eigenvalue weighted by Crippen LogP contribution is 2.26. The molecule has 2 aromatic rings. The van der Waals surface area contributed by atoms with Gasteiger partial charge < -0.3 is 9.32 Å². The maximum absolute atomic E-state index is 8.81. The van der Waals surface area contributed by atoms with Gasteiger partial charge in [0.25, 0.3) is 0 Å². The summed E-state index contributed by atoms with van der Waals surface area (Å²) in [6, 6.07) is 6.24. The van der Waals surface area contributed by atoms with E-state index >= 15 is 0 Å². The molecule has 1 saturated heterocycles. The van der Waals surface area contributed by atoms with E-state index in [0.29, 0.717) is 18.3 Å². The molecule has 0 aliphatic carbocycles. The van der Waals surface area contributed by atoms with Gasteiger partial charge in [-0.25, -0.2) is 4.68 Å². The summed E-state index contributed by atoms with van der Waals surface area (Å²) < 4.78 is 7.39. The highest BCUT2D eigenvalue weighted by molar-refractivity contribution is 5.19. The van der Waals surface area contributed by atoms with Crippen molar-refractivity contribution in [1.29, 1.82) is 5.26 Å². The Bertz CT molecular complexity index is 626. The van der Waals surface area contributed by atoms with Gasteiger partial charge in [-0.05, 0) is 26.2 Å². The van der Waals surface area contributed by atoms with Crippen LogP contribution in [0, 0.1) is 11.3 Å². The molecular formula is C14H18N6O. The molecule has 0 bridgehead atoms. The maximum atomic E-state index is 8.81. The number of nitrogens with zero attached hydrogens (tertiary/aromatic N) is 6. The first-order valence-corrected chi connectivity index (χ1v) is 6.91. The predicted octanol–water partition coefficient (Wildman–Crippen LogP) is 0.730. The number of likely N-dealkylation sites (tertiary alicyclic amines) is 1. The van der Waals surface area contributed by atoms with Gasteiger partial charge in [0.1, 0.15) is 11.8 Å². The minimum Gasteiger partial charge on any atom is -0.449 e. The molecule has 3 heterocycles. The van der Waals surface area contributed by atoms with Crippen LogP contribution in [0.25, 0.3) is 0 Å². The molecule has 110 valence electrons. The van der Waals surface area contributed by atoms with Crippen LogP contribution in [-0.2, 0) is 6.54 Å². The van der Waals surface area contributed by atoms with Crippen LogP contribution in [0.4, 0.5) is 0 Å². The molecule has 0 amide bonds. The lowest BCUT2D eigenvalue weighted by molar-refractivity contribution is 0.234. The molecule has 21 heavy (non-hydrogen) atoms. The molecule has 0 unspecified atom stereocenters.